The molecular weight excluding hydrogens is 256 g/mol. The molecule has 1 fully saturated rings. The van der Waals surface area contributed by atoms with Gasteiger partial charge in [0.1, 0.15) is 5.75 Å². The minimum Gasteiger partial charge on any atom is -0.379 e. The molecule has 3 N–H and O–H groups in total. The summed E-state index contributed by atoms with van der Waals surface area (Å²) >= 11 is 0. The highest BCUT2D eigenvalue weighted by molar-refractivity contribution is 7.92. The van der Waals surface area contributed by atoms with Gasteiger partial charge in [0.05, 0.1) is 19.0 Å². The monoisotopic (exact) mass is 278 g/mol. The van der Waals surface area contributed by atoms with E-state index in [1.165, 1.54) is 0 Å². The van der Waals surface area contributed by atoms with Crippen LogP contribution in [0.5, 0.6) is 0 Å². The third kappa shape index (κ3) is 6.32. The molecule has 0 bridgehead atoms. The van der Waals surface area contributed by atoms with Crippen molar-refractivity contribution < 1.29 is 17.9 Å². The lowest BCUT2D eigenvalue weighted by Gasteiger charge is -2.12. The highest BCUT2D eigenvalue weighted by Gasteiger charge is 2.21. The lowest BCUT2D eigenvalue weighted by atomic mass is 10.2. The van der Waals surface area contributed by atoms with Crippen molar-refractivity contribution in [3.8, 4) is 0 Å². The zero-order valence-corrected chi connectivity index (χ0v) is 11.4. The van der Waals surface area contributed by atoms with Crippen molar-refractivity contribution in [2.24, 2.45) is 5.73 Å². The molecule has 0 radical (unpaired) electrons. The first-order valence-electron chi connectivity index (χ1n) is 6.31. The highest BCUT2D eigenvalue weighted by atomic mass is 32.2. The predicted molar refractivity (Wildman–Crippen MR) is 68.9 cm³/mol. The number of nitrogens with one attached hydrogen (secondary N) is 1. The molecule has 1 aliphatic rings. The Morgan fingerprint density at radius 1 is 1.28 bits per heavy atom. The van der Waals surface area contributed by atoms with Crippen LogP contribution in [0.1, 0.15) is 25.7 Å². The minimum atomic E-state index is -3.38. The average Bonchev–Trinajstić information content (AvgIpc) is 2.76. The van der Waals surface area contributed by atoms with E-state index in [0.29, 0.717) is 13.2 Å². The number of hydrogen-bond donors (Lipinski definition) is 2. The summed E-state index contributed by atoms with van der Waals surface area (Å²) in [7, 11) is -3.38. The maximum atomic E-state index is 11.6. The van der Waals surface area contributed by atoms with Gasteiger partial charge in [0.15, 0.2) is 9.84 Å². The van der Waals surface area contributed by atoms with Crippen LogP contribution < -0.4 is 11.1 Å². The second-order valence-electron chi connectivity index (χ2n) is 4.54. The van der Waals surface area contributed by atoms with Crippen LogP contribution >= 0.6 is 0 Å². The molecule has 1 rings (SSSR count). The van der Waals surface area contributed by atoms with Crippen LogP contribution in [-0.4, -0.2) is 51.6 Å². The van der Waals surface area contributed by atoms with E-state index < -0.39 is 21.5 Å². The molecule has 0 spiro atoms. The van der Waals surface area contributed by atoms with Gasteiger partial charge in [0.2, 0.25) is 5.91 Å². The van der Waals surface area contributed by atoms with E-state index in [0.717, 1.165) is 25.7 Å². The van der Waals surface area contributed by atoms with Gasteiger partial charge in [-0.3, -0.25) is 4.79 Å². The molecule has 0 aromatic heterocycles. The Morgan fingerprint density at radius 3 is 2.56 bits per heavy atom. The number of rotatable bonds is 8. The SMILES string of the molecule is NCCOCCS(=O)(=O)CC(=O)NC1CCCC1. The molecule has 7 heteroatoms. The van der Waals surface area contributed by atoms with Gasteiger partial charge < -0.3 is 15.8 Å². The van der Waals surface area contributed by atoms with E-state index in [1.54, 1.807) is 0 Å². The fraction of sp³-hybridized carbons (Fsp3) is 0.909. The molecule has 0 atom stereocenters. The third-order valence-corrected chi connectivity index (χ3v) is 4.36. The predicted octanol–water partition coefficient (Wildman–Crippen LogP) is -0.565. The first-order chi connectivity index (χ1) is 8.53. The van der Waals surface area contributed by atoms with E-state index in [4.69, 9.17) is 10.5 Å². The molecule has 6 nitrogen and oxygen atoms in total. The summed E-state index contributed by atoms with van der Waals surface area (Å²) < 4.78 is 28.2. The van der Waals surface area contributed by atoms with Crippen molar-refractivity contribution in [1.29, 1.82) is 0 Å². The quantitative estimate of drug-likeness (QED) is 0.580. The Balaban J connectivity index is 2.23. The normalized spacial score (nSPS) is 16.9. The molecule has 1 saturated carbocycles. The van der Waals surface area contributed by atoms with Crippen molar-refractivity contribution in [1.82, 2.24) is 5.32 Å². The molecule has 0 unspecified atom stereocenters. The standard InChI is InChI=1S/C11H22N2O4S/c12-5-6-17-7-8-18(15,16)9-11(14)13-10-3-1-2-4-10/h10H,1-9,12H2,(H,13,14). The summed E-state index contributed by atoms with van der Waals surface area (Å²) in [6.45, 7) is 0.794. The van der Waals surface area contributed by atoms with Gasteiger partial charge in [-0.25, -0.2) is 8.42 Å². The molecule has 1 aliphatic carbocycles. The molecule has 0 heterocycles. The Labute approximate surface area is 108 Å². The Hall–Kier alpha value is -0.660. The molecule has 0 aromatic carbocycles. The van der Waals surface area contributed by atoms with Crippen molar-refractivity contribution in [3.63, 3.8) is 0 Å². The van der Waals surface area contributed by atoms with Gasteiger partial charge in [0, 0.05) is 12.6 Å². The summed E-state index contributed by atoms with van der Waals surface area (Å²) in [5, 5.41) is 2.76. The lowest BCUT2D eigenvalue weighted by Crippen LogP contribution is -2.37. The number of hydrogen-bond acceptors (Lipinski definition) is 5. The average molecular weight is 278 g/mol. The smallest absolute Gasteiger partial charge is 0.235 e. The Kier molecular flexibility index (Phi) is 6.59. The summed E-state index contributed by atoms with van der Waals surface area (Å²) in [5.41, 5.74) is 5.21. The van der Waals surface area contributed by atoms with E-state index in [-0.39, 0.29) is 18.4 Å². The van der Waals surface area contributed by atoms with Gasteiger partial charge in [-0.2, -0.15) is 0 Å². The van der Waals surface area contributed by atoms with Crippen LogP contribution in [0, 0.1) is 0 Å². The molecule has 18 heavy (non-hydrogen) atoms. The summed E-state index contributed by atoms with van der Waals surface area (Å²) in [5.74, 6) is -0.985. The van der Waals surface area contributed by atoms with Crippen LogP contribution in [0.2, 0.25) is 0 Å². The first kappa shape index (κ1) is 15.4. The second kappa shape index (κ2) is 7.70. The minimum absolute atomic E-state index is 0.0935. The topological polar surface area (TPSA) is 98.5 Å². The highest BCUT2D eigenvalue weighted by Crippen LogP contribution is 2.17. The molecule has 1 amide bonds. The second-order valence-corrected chi connectivity index (χ2v) is 6.73. The van der Waals surface area contributed by atoms with Crippen LogP contribution in [0.15, 0.2) is 0 Å². The van der Waals surface area contributed by atoms with Crippen molar-refractivity contribution in [3.05, 3.63) is 0 Å². The fourth-order valence-electron chi connectivity index (χ4n) is 1.98. The molecule has 106 valence electrons. The maximum absolute atomic E-state index is 11.6. The zero-order valence-electron chi connectivity index (χ0n) is 10.6. The summed E-state index contributed by atoms with van der Waals surface area (Å²) in [4.78, 5) is 11.6. The van der Waals surface area contributed by atoms with Crippen molar-refractivity contribution >= 4 is 15.7 Å². The molecule has 0 saturated heterocycles. The largest absolute Gasteiger partial charge is 0.379 e. The van der Waals surface area contributed by atoms with Crippen LogP contribution in [0.3, 0.4) is 0 Å². The van der Waals surface area contributed by atoms with Gasteiger partial charge in [0.25, 0.3) is 0 Å². The lowest BCUT2D eigenvalue weighted by molar-refractivity contribution is -0.119. The third-order valence-electron chi connectivity index (χ3n) is 2.87. The fourth-order valence-corrected chi connectivity index (χ4v) is 2.98. The summed E-state index contributed by atoms with van der Waals surface area (Å²) in [6, 6.07) is 0.154. The zero-order chi connectivity index (χ0) is 13.4. The van der Waals surface area contributed by atoms with Gasteiger partial charge >= 0.3 is 0 Å². The Morgan fingerprint density at radius 2 is 1.94 bits per heavy atom. The van der Waals surface area contributed by atoms with Gasteiger partial charge in [-0.1, -0.05) is 12.8 Å². The van der Waals surface area contributed by atoms with Crippen LogP contribution in [0.25, 0.3) is 0 Å². The van der Waals surface area contributed by atoms with Crippen molar-refractivity contribution in [2.75, 3.05) is 31.3 Å². The Bertz CT molecular complexity index is 350. The van der Waals surface area contributed by atoms with Gasteiger partial charge in [-0.15, -0.1) is 0 Å². The number of nitrogens with two attached hydrogens (primary N) is 1. The van der Waals surface area contributed by atoms with E-state index in [2.05, 4.69) is 5.32 Å². The maximum Gasteiger partial charge on any atom is 0.235 e. The van der Waals surface area contributed by atoms with Crippen LogP contribution in [-0.2, 0) is 19.4 Å². The van der Waals surface area contributed by atoms with E-state index in [9.17, 15) is 13.2 Å². The number of carbonyl (C=O) groups is 1. The number of ether oxygens (including phenoxy) is 1. The van der Waals surface area contributed by atoms with Crippen molar-refractivity contribution in [2.45, 2.75) is 31.7 Å². The summed E-state index contributed by atoms with van der Waals surface area (Å²) in [6.07, 6.45) is 4.10. The first-order valence-corrected chi connectivity index (χ1v) is 8.13. The number of sulfone groups is 1. The molecular formula is C11H22N2O4S. The van der Waals surface area contributed by atoms with Crippen LogP contribution in [0.4, 0.5) is 0 Å². The number of carbonyl (C=O) groups excluding carboxylic acids is 1. The molecule has 0 aromatic rings. The number of amides is 1. The van der Waals surface area contributed by atoms with E-state index >= 15 is 0 Å². The van der Waals surface area contributed by atoms with E-state index in [1.807, 2.05) is 0 Å². The molecule has 0 aliphatic heterocycles. The van der Waals surface area contributed by atoms with Gasteiger partial charge in [-0.05, 0) is 12.8 Å².